The summed E-state index contributed by atoms with van der Waals surface area (Å²) < 4.78 is 22.7. The van der Waals surface area contributed by atoms with Crippen LogP contribution in [0.2, 0.25) is 0 Å². The lowest BCUT2D eigenvalue weighted by Crippen LogP contribution is -2.47. The maximum atomic E-state index is 15.3. The van der Waals surface area contributed by atoms with Gasteiger partial charge in [0.2, 0.25) is 5.43 Å². The first-order valence-corrected chi connectivity index (χ1v) is 10.0. The van der Waals surface area contributed by atoms with E-state index >= 15 is 4.39 Å². The van der Waals surface area contributed by atoms with Crippen LogP contribution in [0.15, 0.2) is 17.1 Å². The molecule has 1 aromatic heterocycles. The van der Waals surface area contributed by atoms with Crippen LogP contribution in [0.4, 0.5) is 10.1 Å². The number of nitrogens with zero attached hydrogens (tertiary/aromatic N) is 2. The lowest BCUT2D eigenvalue weighted by molar-refractivity contribution is 0.0695. The zero-order chi connectivity index (χ0) is 20.9. The van der Waals surface area contributed by atoms with Crippen LogP contribution in [0.3, 0.4) is 0 Å². The Morgan fingerprint density at radius 3 is 2.63 bits per heavy atom. The number of halogens is 2. The van der Waals surface area contributed by atoms with Crippen molar-refractivity contribution in [2.24, 2.45) is 11.7 Å². The van der Waals surface area contributed by atoms with Crippen LogP contribution in [-0.4, -0.2) is 41.9 Å². The summed E-state index contributed by atoms with van der Waals surface area (Å²) in [5, 5.41) is 9.46. The van der Waals surface area contributed by atoms with E-state index in [9.17, 15) is 14.7 Å². The number of carboxylic acids is 1. The van der Waals surface area contributed by atoms with Gasteiger partial charge in [0.25, 0.3) is 0 Å². The summed E-state index contributed by atoms with van der Waals surface area (Å²) in [7, 11) is 1.45. The highest BCUT2D eigenvalue weighted by Gasteiger charge is 2.33. The molecule has 0 radical (unpaired) electrons. The topological polar surface area (TPSA) is 97.8 Å². The van der Waals surface area contributed by atoms with Crippen LogP contribution in [0.5, 0.6) is 5.75 Å². The number of fused-ring (bicyclic) bond motifs is 1. The number of pyridine rings is 1. The number of ether oxygens (including phenoxy) is 1. The van der Waals surface area contributed by atoms with Crippen molar-refractivity contribution < 1.29 is 19.0 Å². The minimum atomic E-state index is -1.32. The van der Waals surface area contributed by atoms with Crippen LogP contribution in [0, 0.1) is 11.7 Å². The number of hydrogen-bond donors (Lipinski definition) is 2. The Labute approximate surface area is 180 Å². The van der Waals surface area contributed by atoms with E-state index in [2.05, 4.69) is 6.92 Å². The highest BCUT2D eigenvalue weighted by molar-refractivity contribution is 5.97. The summed E-state index contributed by atoms with van der Waals surface area (Å²) in [5.41, 5.74) is 5.92. The lowest BCUT2D eigenvalue weighted by Gasteiger charge is -2.38. The van der Waals surface area contributed by atoms with Gasteiger partial charge in [-0.15, -0.1) is 12.4 Å². The Balaban J connectivity index is 0.00000256. The second kappa shape index (κ2) is 8.43. The molecule has 0 bridgehead atoms. The summed E-state index contributed by atoms with van der Waals surface area (Å²) in [6.07, 6.45) is 4.94. The zero-order valence-corrected chi connectivity index (χ0v) is 17.9. The van der Waals surface area contributed by atoms with Crippen LogP contribution >= 0.6 is 12.4 Å². The molecule has 2 aromatic rings. The smallest absolute Gasteiger partial charge is 0.341 e. The van der Waals surface area contributed by atoms with Crippen molar-refractivity contribution in [2.45, 2.75) is 44.7 Å². The van der Waals surface area contributed by atoms with Crippen LogP contribution < -0.4 is 20.8 Å². The van der Waals surface area contributed by atoms with Gasteiger partial charge in [0, 0.05) is 31.4 Å². The molecule has 2 heterocycles. The fourth-order valence-electron chi connectivity index (χ4n) is 4.45. The van der Waals surface area contributed by atoms with Gasteiger partial charge in [-0.25, -0.2) is 9.18 Å². The molecular formula is C21H27ClFN3O4. The van der Waals surface area contributed by atoms with E-state index in [0.717, 1.165) is 31.7 Å². The third-order valence-corrected chi connectivity index (χ3v) is 6.04. The summed E-state index contributed by atoms with van der Waals surface area (Å²) in [6.45, 7) is 3.24. The van der Waals surface area contributed by atoms with E-state index in [1.807, 2.05) is 4.90 Å². The maximum Gasteiger partial charge on any atom is 0.341 e. The van der Waals surface area contributed by atoms with Crippen molar-refractivity contribution in [3.05, 3.63) is 33.9 Å². The maximum absolute atomic E-state index is 15.3. The van der Waals surface area contributed by atoms with Crippen LogP contribution in [0.1, 0.15) is 49.0 Å². The molecule has 2 atom stereocenters. The van der Waals surface area contributed by atoms with Crippen molar-refractivity contribution in [1.29, 1.82) is 0 Å². The average molecular weight is 440 g/mol. The van der Waals surface area contributed by atoms with Gasteiger partial charge in [-0.2, -0.15) is 0 Å². The highest BCUT2D eigenvalue weighted by atomic mass is 35.5. The van der Waals surface area contributed by atoms with Crippen LogP contribution in [-0.2, 0) is 0 Å². The fourth-order valence-corrected chi connectivity index (χ4v) is 4.45. The van der Waals surface area contributed by atoms with Crippen molar-refractivity contribution in [3.63, 3.8) is 0 Å². The van der Waals surface area contributed by atoms with Crippen molar-refractivity contribution in [3.8, 4) is 5.75 Å². The predicted octanol–water partition coefficient (Wildman–Crippen LogP) is 3.17. The molecule has 9 heteroatoms. The van der Waals surface area contributed by atoms with E-state index in [1.165, 1.54) is 13.3 Å². The number of carboxylic acid groups (broad SMARTS) is 1. The number of rotatable bonds is 5. The Kier molecular flexibility index (Phi) is 6.29. The molecule has 2 aliphatic rings. The molecular weight excluding hydrogens is 413 g/mol. The number of benzene rings is 1. The first-order valence-electron chi connectivity index (χ1n) is 10.0. The lowest BCUT2D eigenvalue weighted by atomic mass is 9.92. The number of anilines is 1. The molecule has 0 spiro atoms. The van der Waals surface area contributed by atoms with Gasteiger partial charge in [-0.1, -0.05) is 13.3 Å². The Morgan fingerprint density at radius 2 is 2.07 bits per heavy atom. The molecule has 0 unspecified atom stereocenters. The first kappa shape index (κ1) is 22.4. The summed E-state index contributed by atoms with van der Waals surface area (Å²) in [4.78, 5) is 26.2. The van der Waals surface area contributed by atoms with Crippen molar-refractivity contribution in [1.82, 2.24) is 4.57 Å². The van der Waals surface area contributed by atoms with Gasteiger partial charge in [0.1, 0.15) is 11.3 Å². The molecule has 1 aromatic carbocycles. The van der Waals surface area contributed by atoms with E-state index < -0.39 is 17.2 Å². The van der Waals surface area contributed by atoms with Gasteiger partial charge in [0.15, 0.2) is 11.6 Å². The average Bonchev–Trinajstić information content (AvgIpc) is 3.52. The number of aromatic carboxylic acids is 1. The highest BCUT2D eigenvalue weighted by Crippen LogP contribution is 2.44. The third kappa shape index (κ3) is 3.74. The predicted molar refractivity (Wildman–Crippen MR) is 116 cm³/mol. The normalized spacial score (nSPS) is 21.4. The summed E-state index contributed by atoms with van der Waals surface area (Å²) in [5.74, 6) is -1.30. The molecule has 7 nitrogen and oxygen atoms in total. The van der Waals surface area contributed by atoms with E-state index in [-0.39, 0.29) is 41.2 Å². The molecule has 164 valence electrons. The number of piperidine rings is 1. The van der Waals surface area contributed by atoms with E-state index in [1.54, 1.807) is 4.57 Å². The van der Waals surface area contributed by atoms with Crippen LogP contribution in [0.25, 0.3) is 10.9 Å². The molecule has 1 aliphatic heterocycles. The Morgan fingerprint density at radius 1 is 1.37 bits per heavy atom. The number of carbonyl (C=O) groups is 1. The molecule has 0 amide bonds. The fraction of sp³-hybridized carbons (Fsp3) is 0.524. The number of methoxy groups -OCH3 is 1. The quantitative estimate of drug-likeness (QED) is 0.742. The molecule has 4 rings (SSSR count). The van der Waals surface area contributed by atoms with Gasteiger partial charge < -0.3 is 25.0 Å². The molecule has 2 fully saturated rings. The Bertz CT molecular complexity index is 1040. The van der Waals surface area contributed by atoms with Crippen molar-refractivity contribution >= 4 is 35.0 Å². The van der Waals surface area contributed by atoms with Gasteiger partial charge in [-0.3, -0.25) is 4.79 Å². The van der Waals surface area contributed by atoms with E-state index in [0.29, 0.717) is 30.2 Å². The monoisotopic (exact) mass is 439 g/mol. The number of aromatic nitrogens is 1. The molecule has 30 heavy (non-hydrogen) atoms. The minimum absolute atomic E-state index is 0. The zero-order valence-electron chi connectivity index (χ0n) is 17.1. The summed E-state index contributed by atoms with van der Waals surface area (Å²) >= 11 is 0. The first-order chi connectivity index (χ1) is 13.8. The Hall–Kier alpha value is -2.32. The van der Waals surface area contributed by atoms with E-state index in [4.69, 9.17) is 10.5 Å². The second-order valence-corrected chi connectivity index (χ2v) is 8.13. The standard InChI is InChI=1S/C21H26FN3O4.ClH/c1-3-11-6-12(23)9-24(8-11)18-16(22)7-14-17(20(18)29-2)25(13-4-5-13)10-15(19(14)26)21(27)28;/h7,10-13H,3-6,8-9,23H2,1-2H3,(H,27,28);1H/t11-,12-;/m0./s1. The van der Waals surface area contributed by atoms with Crippen molar-refractivity contribution in [2.75, 3.05) is 25.1 Å². The minimum Gasteiger partial charge on any atom is -0.492 e. The molecule has 3 N–H and O–H groups in total. The molecule has 1 aliphatic carbocycles. The van der Waals surface area contributed by atoms with Gasteiger partial charge >= 0.3 is 5.97 Å². The number of hydrogen-bond acceptors (Lipinski definition) is 5. The third-order valence-electron chi connectivity index (χ3n) is 6.04. The van der Waals surface area contributed by atoms with Gasteiger partial charge in [-0.05, 0) is 31.2 Å². The molecule has 1 saturated heterocycles. The second-order valence-electron chi connectivity index (χ2n) is 8.13. The molecule has 1 saturated carbocycles. The summed E-state index contributed by atoms with van der Waals surface area (Å²) in [6, 6.07) is 1.16. The number of nitrogens with two attached hydrogens (primary N) is 1. The SMILES string of the molecule is CC[C@H]1C[C@H](N)CN(c2c(F)cc3c(=O)c(C(=O)O)cn(C4CC4)c3c2OC)C1.Cl. The largest absolute Gasteiger partial charge is 0.492 e. The van der Waals surface area contributed by atoms with Gasteiger partial charge in [0.05, 0.1) is 18.0 Å².